The average Bonchev–Trinajstić information content (AvgIpc) is 3.26. The van der Waals surface area contributed by atoms with E-state index >= 15 is 0 Å². The Morgan fingerprint density at radius 2 is 2.00 bits per heavy atom. The summed E-state index contributed by atoms with van der Waals surface area (Å²) in [6.07, 6.45) is 11.2. The molecule has 3 aliphatic heterocycles. The number of fused-ring (bicyclic) bond motifs is 2. The number of carbonyl (C=O) groups excluding carboxylic acids is 2. The van der Waals surface area contributed by atoms with Gasteiger partial charge in [-0.3, -0.25) is 4.79 Å². The van der Waals surface area contributed by atoms with Crippen molar-refractivity contribution in [2.24, 2.45) is 35.3 Å². The second-order valence-corrected chi connectivity index (χ2v) is 13.0. The van der Waals surface area contributed by atoms with E-state index in [4.69, 9.17) is 19.9 Å². The van der Waals surface area contributed by atoms with Gasteiger partial charge in [-0.2, -0.15) is 0 Å². The fraction of sp³-hybridized carbons (Fsp3) is 0.867. The van der Waals surface area contributed by atoms with E-state index in [0.29, 0.717) is 42.6 Å². The van der Waals surface area contributed by atoms with Gasteiger partial charge in [0, 0.05) is 18.6 Å². The van der Waals surface area contributed by atoms with Gasteiger partial charge in [-0.05, 0) is 115 Å². The summed E-state index contributed by atoms with van der Waals surface area (Å²) in [5.74, 6) is 0.852. The number of rotatable bonds is 6. The molecule has 0 radical (unpaired) electrons. The van der Waals surface area contributed by atoms with Crippen LogP contribution in [0.25, 0.3) is 0 Å². The van der Waals surface area contributed by atoms with E-state index in [-0.39, 0.29) is 48.8 Å². The van der Waals surface area contributed by atoms with Crippen LogP contribution in [0.1, 0.15) is 91.4 Å². The summed E-state index contributed by atoms with van der Waals surface area (Å²) >= 11 is 0. The zero-order chi connectivity index (χ0) is 27.1. The summed E-state index contributed by atoms with van der Waals surface area (Å²) in [6.45, 7) is 6.79. The van der Waals surface area contributed by atoms with Crippen molar-refractivity contribution >= 4 is 11.9 Å². The van der Waals surface area contributed by atoms with Gasteiger partial charge in [-0.15, -0.1) is 0 Å². The lowest BCUT2D eigenvalue weighted by molar-refractivity contribution is -0.243. The lowest BCUT2D eigenvalue weighted by Gasteiger charge is -2.55. The third kappa shape index (κ3) is 5.06. The van der Waals surface area contributed by atoms with Crippen LogP contribution in [0.5, 0.6) is 0 Å². The second-order valence-electron chi connectivity index (χ2n) is 13.0. The van der Waals surface area contributed by atoms with E-state index in [1.165, 1.54) is 0 Å². The molecule has 0 aromatic heterocycles. The van der Waals surface area contributed by atoms with E-state index in [2.05, 4.69) is 12.2 Å². The molecule has 4 N–H and O–H groups in total. The molecule has 3 saturated heterocycles. The van der Waals surface area contributed by atoms with Crippen LogP contribution in [0.4, 0.5) is 0 Å². The number of nitrogens with two attached hydrogens (primary N) is 1. The summed E-state index contributed by atoms with van der Waals surface area (Å²) < 4.78 is 19.6. The number of allylic oxidation sites excluding steroid dienone is 1. The molecule has 5 rings (SSSR count). The van der Waals surface area contributed by atoms with Gasteiger partial charge in [0.05, 0.1) is 18.2 Å². The van der Waals surface area contributed by atoms with E-state index in [1.54, 1.807) is 0 Å². The van der Waals surface area contributed by atoms with E-state index in [1.807, 2.05) is 19.9 Å². The number of hydrogen-bond donors (Lipinski definition) is 3. The SMILES string of the molecule is CC=C(C)C(=O)O[C@@]1(C)CCC[C@H](C2CCNC(N)C2)[C@@]12CC1CC3CC(CCCO)C(=O)OC3CC1O2. The zero-order valence-corrected chi connectivity index (χ0v) is 23.5. The van der Waals surface area contributed by atoms with Crippen molar-refractivity contribution in [3.8, 4) is 0 Å². The molecule has 0 amide bonds. The second kappa shape index (κ2) is 11.2. The molecule has 10 atom stereocenters. The molecule has 0 bridgehead atoms. The van der Waals surface area contributed by atoms with Crippen molar-refractivity contribution in [1.82, 2.24) is 5.32 Å². The number of aliphatic hydroxyl groups is 1. The van der Waals surface area contributed by atoms with E-state index < -0.39 is 11.2 Å². The highest BCUT2D eigenvalue weighted by Gasteiger charge is 2.66. The minimum Gasteiger partial charge on any atom is -0.462 e. The Morgan fingerprint density at radius 3 is 2.74 bits per heavy atom. The van der Waals surface area contributed by atoms with Crippen LogP contribution in [0.2, 0.25) is 0 Å². The maximum Gasteiger partial charge on any atom is 0.334 e. The maximum atomic E-state index is 13.1. The first kappa shape index (κ1) is 28.1. The third-order valence-electron chi connectivity index (χ3n) is 10.7. The Labute approximate surface area is 227 Å². The first-order valence-electron chi connectivity index (χ1n) is 15.0. The first-order chi connectivity index (χ1) is 18.2. The minimum absolute atomic E-state index is 0.00475. The molecule has 2 saturated carbocycles. The molecule has 214 valence electrons. The van der Waals surface area contributed by atoms with E-state index in [9.17, 15) is 14.7 Å². The quantitative estimate of drug-likeness (QED) is 0.351. The summed E-state index contributed by atoms with van der Waals surface area (Å²) in [7, 11) is 0. The van der Waals surface area contributed by atoms with Gasteiger partial charge in [0.15, 0.2) is 0 Å². The van der Waals surface area contributed by atoms with Gasteiger partial charge in [0.2, 0.25) is 0 Å². The Morgan fingerprint density at radius 1 is 1.18 bits per heavy atom. The van der Waals surface area contributed by atoms with Crippen molar-refractivity contribution in [3.05, 3.63) is 11.6 Å². The smallest absolute Gasteiger partial charge is 0.334 e. The monoisotopic (exact) mass is 532 g/mol. The highest BCUT2D eigenvalue weighted by Crippen LogP contribution is 2.60. The Bertz CT molecular complexity index is 924. The molecule has 3 heterocycles. The topological polar surface area (TPSA) is 120 Å². The van der Waals surface area contributed by atoms with Crippen molar-refractivity contribution in [2.45, 2.75) is 121 Å². The molecular formula is C30H48N2O6. The third-order valence-corrected chi connectivity index (χ3v) is 10.7. The number of piperidine rings is 1. The minimum atomic E-state index is -0.727. The highest BCUT2D eigenvalue weighted by atomic mass is 16.6. The Kier molecular flexibility index (Phi) is 8.26. The summed E-state index contributed by atoms with van der Waals surface area (Å²) in [6, 6.07) is 0. The largest absolute Gasteiger partial charge is 0.462 e. The molecule has 7 unspecified atom stereocenters. The first-order valence-corrected chi connectivity index (χ1v) is 15.0. The molecule has 1 spiro atoms. The van der Waals surface area contributed by atoms with Gasteiger partial charge >= 0.3 is 11.9 Å². The number of aliphatic hydroxyl groups excluding tert-OH is 1. The van der Waals surface area contributed by atoms with Gasteiger partial charge in [-0.25, -0.2) is 4.79 Å². The van der Waals surface area contributed by atoms with Gasteiger partial charge in [-0.1, -0.05) is 6.08 Å². The number of carbonyl (C=O) groups is 2. The molecule has 0 aromatic rings. The average molecular weight is 533 g/mol. The summed E-state index contributed by atoms with van der Waals surface area (Å²) in [5, 5.41) is 12.7. The standard InChI is InChI=1S/C30H48N2O6/c1-4-18(2)27(34)38-29(3)10-5-8-23(19-9-11-32-26(31)15-19)30(29)17-22-14-21-13-20(7-6-12-33)28(35)36-24(21)16-25(22)37-30/h4,19-26,32-33H,5-17,31H2,1-3H3/t19?,20?,21?,22?,23-,24?,25?,26?,29+,30+/m1/s1. The lowest BCUT2D eigenvalue weighted by atomic mass is 9.58. The molecule has 5 fully saturated rings. The van der Waals surface area contributed by atoms with Crippen molar-refractivity contribution in [1.29, 1.82) is 0 Å². The number of hydrogen-bond acceptors (Lipinski definition) is 8. The molecule has 8 heteroatoms. The van der Waals surface area contributed by atoms with Crippen molar-refractivity contribution in [2.75, 3.05) is 13.2 Å². The van der Waals surface area contributed by atoms with Crippen LogP contribution in [0, 0.1) is 29.6 Å². The highest BCUT2D eigenvalue weighted by molar-refractivity contribution is 5.88. The van der Waals surface area contributed by atoms with E-state index in [0.717, 1.165) is 57.9 Å². The number of nitrogens with one attached hydrogen (secondary N) is 1. The summed E-state index contributed by atoms with van der Waals surface area (Å²) in [5.41, 5.74) is 5.70. The van der Waals surface area contributed by atoms with Gasteiger partial charge < -0.3 is 30.4 Å². The normalized spacial score (nSPS) is 45.3. The van der Waals surface area contributed by atoms with Gasteiger partial charge in [0.25, 0.3) is 0 Å². The zero-order valence-electron chi connectivity index (χ0n) is 23.5. The number of esters is 2. The fourth-order valence-electron chi connectivity index (χ4n) is 8.63. The Hall–Kier alpha value is -1.48. The predicted octanol–water partition coefficient (Wildman–Crippen LogP) is 3.60. The molecule has 8 nitrogen and oxygen atoms in total. The lowest BCUT2D eigenvalue weighted by Crippen LogP contribution is -2.64. The molecule has 38 heavy (non-hydrogen) atoms. The van der Waals surface area contributed by atoms with Gasteiger partial charge in [0.1, 0.15) is 17.3 Å². The summed E-state index contributed by atoms with van der Waals surface area (Å²) in [4.78, 5) is 25.9. The van der Waals surface area contributed by atoms with Crippen molar-refractivity contribution < 1.29 is 28.9 Å². The molecule has 2 aliphatic carbocycles. The molecule has 5 aliphatic rings. The fourth-order valence-corrected chi connectivity index (χ4v) is 8.63. The van der Waals surface area contributed by atoms with Crippen LogP contribution < -0.4 is 11.1 Å². The number of ether oxygens (including phenoxy) is 3. The Balaban J connectivity index is 1.43. The molecule has 0 aromatic carbocycles. The van der Waals surface area contributed by atoms with Crippen LogP contribution in [0.15, 0.2) is 11.6 Å². The van der Waals surface area contributed by atoms with Crippen LogP contribution in [0.3, 0.4) is 0 Å². The van der Waals surface area contributed by atoms with Crippen molar-refractivity contribution in [3.63, 3.8) is 0 Å². The molecular weight excluding hydrogens is 484 g/mol. The van der Waals surface area contributed by atoms with Crippen LogP contribution in [-0.2, 0) is 23.8 Å². The predicted molar refractivity (Wildman–Crippen MR) is 143 cm³/mol. The maximum absolute atomic E-state index is 13.1. The van der Waals surface area contributed by atoms with Crippen LogP contribution >= 0.6 is 0 Å². The van der Waals surface area contributed by atoms with Crippen LogP contribution in [-0.4, -0.2) is 59.8 Å².